The van der Waals surface area contributed by atoms with Crippen LogP contribution in [0, 0.1) is 0 Å². The van der Waals surface area contributed by atoms with Crippen LogP contribution in [-0.4, -0.2) is 22.8 Å². The quantitative estimate of drug-likeness (QED) is 0.865. The highest BCUT2D eigenvalue weighted by Crippen LogP contribution is 2.33. The van der Waals surface area contributed by atoms with E-state index < -0.39 is 18.0 Å². The Bertz CT molecular complexity index is 461. The molecule has 1 saturated heterocycles. The molecule has 1 aromatic rings. The smallest absolute Gasteiger partial charge is 0.388 e. The van der Waals surface area contributed by atoms with Crippen molar-refractivity contribution in [2.45, 2.75) is 44.1 Å². The van der Waals surface area contributed by atoms with Crippen molar-refractivity contribution in [3.63, 3.8) is 0 Å². The molecule has 112 valence electrons. The van der Waals surface area contributed by atoms with Gasteiger partial charge in [0.2, 0.25) is 0 Å². The third-order valence-corrected chi connectivity index (χ3v) is 3.59. The van der Waals surface area contributed by atoms with E-state index in [2.05, 4.69) is 4.98 Å². The van der Waals surface area contributed by atoms with Gasteiger partial charge in [-0.1, -0.05) is 17.7 Å². The number of aliphatic hydroxyl groups is 1. The number of nitrogens with zero attached hydrogens (tertiary/aromatic N) is 1. The Labute approximate surface area is 119 Å². The van der Waals surface area contributed by atoms with Crippen molar-refractivity contribution in [3.05, 3.63) is 28.5 Å². The highest BCUT2D eigenvalue weighted by Gasteiger charge is 2.33. The molecule has 0 spiro atoms. The number of rotatable bonds is 3. The summed E-state index contributed by atoms with van der Waals surface area (Å²) in [5.41, 5.74) is -0.860. The molecule has 0 amide bonds. The summed E-state index contributed by atoms with van der Waals surface area (Å²) in [5.74, 6) is 0. The molecule has 0 aliphatic carbocycles. The number of ether oxygens (including phenoxy) is 1. The highest BCUT2D eigenvalue weighted by atomic mass is 35.5. The Morgan fingerprint density at radius 3 is 2.70 bits per heavy atom. The van der Waals surface area contributed by atoms with Crippen LogP contribution in [0.4, 0.5) is 13.2 Å². The second kappa shape index (κ2) is 6.28. The van der Waals surface area contributed by atoms with Gasteiger partial charge in [0.15, 0.2) is 0 Å². The van der Waals surface area contributed by atoms with Gasteiger partial charge in [-0.15, -0.1) is 0 Å². The molecule has 1 aliphatic rings. The van der Waals surface area contributed by atoms with Crippen LogP contribution in [0.5, 0.6) is 0 Å². The molecule has 2 rings (SSSR count). The maximum Gasteiger partial charge on any atom is 0.433 e. The molecule has 1 aromatic heterocycles. The van der Waals surface area contributed by atoms with Crippen LogP contribution in [0.1, 0.15) is 43.0 Å². The zero-order valence-electron chi connectivity index (χ0n) is 10.7. The Morgan fingerprint density at radius 1 is 1.40 bits per heavy atom. The number of alkyl halides is 3. The molecule has 1 fully saturated rings. The zero-order valence-corrected chi connectivity index (χ0v) is 11.4. The van der Waals surface area contributed by atoms with E-state index in [0.717, 1.165) is 25.3 Å². The van der Waals surface area contributed by atoms with E-state index in [4.69, 9.17) is 16.3 Å². The summed E-state index contributed by atoms with van der Waals surface area (Å²) in [5, 5.41) is 9.75. The average molecular weight is 310 g/mol. The molecule has 2 atom stereocenters. The molecule has 1 aliphatic heterocycles. The summed E-state index contributed by atoms with van der Waals surface area (Å²) in [4.78, 5) is 3.30. The molecule has 2 heterocycles. The van der Waals surface area contributed by atoms with Crippen LogP contribution < -0.4 is 0 Å². The van der Waals surface area contributed by atoms with Crippen LogP contribution in [-0.2, 0) is 10.9 Å². The van der Waals surface area contributed by atoms with Crippen molar-refractivity contribution in [2.75, 3.05) is 6.61 Å². The Kier molecular flexibility index (Phi) is 4.88. The fourth-order valence-corrected chi connectivity index (χ4v) is 2.50. The van der Waals surface area contributed by atoms with Crippen molar-refractivity contribution < 1.29 is 23.0 Å². The normalized spacial score (nSPS) is 21.8. The van der Waals surface area contributed by atoms with Gasteiger partial charge in [-0.3, -0.25) is 0 Å². The first-order chi connectivity index (χ1) is 9.38. The molecular weight excluding hydrogens is 295 g/mol. The molecule has 3 nitrogen and oxygen atoms in total. The first kappa shape index (κ1) is 15.5. The van der Waals surface area contributed by atoms with E-state index in [1.165, 1.54) is 6.07 Å². The maximum absolute atomic E-state index is 12.5. The van der Waals surface area contributed by atoms with E-state index in [9.17, 15) is 18.3 Å². The molecule has 7 heteroatoms. The second-order valence-electron chi connectivity index (χ2n) is 4.81. The zero-order chi connectivity index (χ0) is 14.8. The van der Waals surface area contributed by atoms with Crippen molar-refractivity contribution in [3.8, 4) is 0 Å². The average Bonchev–Trinajstić information content (AvgIpc) is 2.38. The minimum absolute atomic E-state index is 0.0860. The predicted molar refractivity (Wildman–Crippen MR) is 67.4 cm³/mol. The van der Waals surface area contributed by atoms with Gasteiger partial charge < -0.3 is 9.84 Å². The summed E-state index contributed by atoms with van der Waals surface area (Å²) in [7, 11) is 0. The van der Waals surface area contributed by atoms with Crippen LogP contribution in [0.2, 0.25) is 5.15 Å². The summed E-state index contributed by atoms with van der Waals surface area (Å²) < 4.78 is 42.9. The SMILES string of the molecule is OC(CC1CCCCO1)c1ccc(C(F)(F)F)nc1Cl. The van der Waals surface area contributed by atoms with Gasteiger partial charge in [0.1, 0.15) is 10.8 Å². The molecule has 0 radical (unpaired) electrons. The number of hydrogen-bond acceptors (Lipinski definition) is 3. The Morgan fingerprint density at radius 2 is 2.15 bits per heavy atom. The number of halogens is 4. The summed E-state index contributed by atoms with van der Waals surface area (Å²) in [6.07, 6.45) is -2.43. The molecule has 2 unspecified atom stereocenters. The monoisotopic (exact) mass is 309 g/mol. The van der Waals surface area contributed by atoms with Crippen LogP contribution >= 0.6 is 11.6 Å². The fourth-order valence-electron chi connectivity index (χ4n) is 2.22. The number of aliphatic hydroxyl groups excluding tert-OH is 1. The molecule has 0 bridgehead atoms. The largest absolute Gasteiger partial charge is 0.433 e. The van der Waals surface area contributed by atoms with E-state index in [-0.39, 0.29) is 16.8 Å². The molecular formula is C13H15ClF3NO2. The van der Waals surface area contributed by atoms with Gasteiger partial charge in [0, 0.05) is 18.6 Å². The van der Waals surface area contributed by atoms with E-state index in [1.807, 2.05) is 0 Å². The number of aromatic nitrogens is 1. The fraction of sp³-hybridized carbons (Fsp3) is 0.615. The summed E-state index contributed by atoms with van der Waals surface area (Å²) in [6, 6.07) is 2.00. The lowest BCUT2D eigenvalue weighted by atomic mass is 9.99. The highest BCUT2D eigenvalue weighted by molar-refractivity contribution is 6.30. The topological polar surface area (TPSA) is 42.4 Å². The van der Waals surface area contributed by atoms with Crippen LogP contribution in [0.25, 0.3) is 0 Å². The summed E-state index contributed by atoms with van der Waals surface area (Å²) >= 11 is 5.74. The molecule has 0 saturated carbocycles. The predicted octanol–water partition coefficient (Wildman–Crippen LogP) is 3.75. The number of hydrogen-bond donors (Lipinski definition) is 1. The summed E-state index contributed by atoms with van der Waals surface area (Å²) in [6.45, 7) is 0.649. The van der Waals surface area contributed by atoms with Crippen molar-refractivity contribution >= 4 is 11.6 Å². The third-order valence-electron chi connectivity index (χ3n) is 3.29. The first-order valence-electron chi connectivity index (χ1n) is 6.41. The van der Waals surface area contributed by atoms with Crippen molar-refractivity contribution in [2.24, 2.45) is 0 Å². The van der Waals surface area contributed by atoms with Gasteiger partial charge in [0.25, 0.3) is 0 Å². The molecule has 1 N–H and O–H groups in total. The first-order valence-corrected chi connectivity index (χ1v) is 6.79. The van der Waals surface area contributed by atoms with Gasteiger partial charge in [-0.2, -0.15) is 13.2 Å². The van der Waals surface area contributed by atoms with Crippen LogP contribution in [0.3, 0.4) is 0 Å². The lowest BCUT2D eigenvalue weighted by molar-refractivity contribution is -0.141. The Balaban J connectivity index is 2.07. The van der Waals surface area contributed by atoms with Gasteiger partial charge in [-0.25, -0.2) is 4.98 Å². The minimum Gasteiger partial charge on any atom is -0.388 e. The van der Waals surface area contributed by atoms with Gasteiger partial charge in [-0.05, 0) is 25.3 Å². The lowest BCUT2D eigenvalue weighted by Crippen LogP contribution is -2.22. The van der Waals surface area contributed by atoms with Crippen LogP contribution in [0.15, 0.2) is 12.1 Å². The molecule has 0 aromatic carbocycles. The number of pyridine rings is 1. The third kappa shape index (κ3) is 3.84. The molecule has 20 heavy (non-hydrogen) atoms. The van der Waals surface area contributed by atoms with Crippen molar-refractivity contribution in [1.29, 1.82) is 0 Å². The second-order valence-corrected chi connectivity index (χ2v) is 5.17. The standard InChI is InChI=1S/C13H15ClF3NO2/c14-12-9(4-5-11(18-12)13(15,16)17)10(19)7-8-3-1-2-6-20-8/h4-5,8,10,19H,1-3,6-7H2. The minimum atomic E-state index is -4.54. The van der Waals surface area contributed by atoms with E-state index in [1.54, 1.807) is 0 Å². The van der Waals surface area contributed by atoms with Gasteiger partial charge in [0.05, 0.1) is 12.2 Å². The lowest BCUT2D eigenvalue weighted by Gasteiger charge is -2.25. The van der Waals surface area contributed by atoms with E-state index in [0.29, 0.717) is 13.0 Å². The van der Waals surface area contributed by atoms with Gasteiger partial charge >= 0.3 is 6.18 Å². The maximum atomic E-state index is 12.5. The van der Waals surface area contributed by atoms with Crippen molar-refractivity contribution in [1.82, 2.24) is 4.98 Å². The van der Waals surface area contributed by atoms with E-state index >= 15 is 0 Å². The Hall–Kier alpha value is -0.850.